The normalized spacial score (nSPS) is 13.6. The summed E-state index contributed by atoms with van der Waals surface area (Å²) < 4.78 is 5.40. The van der Waals surface area contributed by atoms with Crippen LogP contribution in [0.25, 0.3) is 0 Å². The fraction of sp³-hybridized carbons (Fsp3) is 0.265. The van der Waals surface area contributed by atoms with Gasteiger partial charge in [0.05, 0.1) is 17.4 Å². The van der Waals surface area contributed by atoms with Crippen LogP contribution in [0.15, 0.2) is 83.8 Å². The summed E-state index contributed by atoms with van der Waals surface area (Å²) in [6, 6.07) is 25.2. The summed E-state index contributed by atoms with van der Waals surface area (Å²) in [7, 11) is 0. The third kappa shape index (κ3) is 7.73. The van der Waals surface area contributed by atoms with E-state index in [-0.39, 0.29) is 18.4 Å². The number of benzene rings is 3. The quantitative estimate of drug-likeness (QED) is 0.146. The van der Waals surface area contributed by atoms with Crippen molar-refractivity contribution >= 4 is 51.6 Å². The summed E-state index contributed by atoms with van der Waals surface area (Å²) in [5.74, 6) is -0.794. The summed E-state index contributed by atoms with van der Waals surface area (Å²) >= 11 is 2.85. The molecule has 9 heteroatoms. The topological polar surface area (TPSA) is 87.7 Å². The Balaban J connectivity index is 1.26. The van der Waals surface area contributed by atoms with Gasteiger partial charge in [0.2, 0.25) is 5.91 Å². The lowest BCUT2D eigenvalue weighted by Gasteiger charge is -2.27. The largest absolute Gasteiger partial charge is 0.462 e. The zero-order chi connectivity index (χ0) is 30.3. The number of nitrogens with one attached hydrogen (secondary N) is 2. The van der Waals surface area contributed by atoms with Gasteiger partial charge in [-0.2, -0.15) is 0 Å². The number of nitrogens with zero attached hydrogens (tertiary/aromatic N) is 1. The summed E-state index contributed by atoms with van der Waals surface area (Å²) in [6.07, 6.45) is 0.716. The van der Waals surface area contributed by atoms with Gasteiger partial charge in [-0.3, -0.25) is 14.5 Å². The number of amides is 2. The van der Waals surface area contributed by atoms with Gasteiger partial charge in [-0.1, -0.05) is 54.1 Å². The number of aryl methyl sites for hydroxylation is 1. The molecule has 2 heterocycles. The molecule has 5 rings (SSSR count). The molecule has 0 spiro atoms. The molecule has 4 aromatic rings. The minimum Gasteiger partial charge on any atom is -0.462 e. The first-order chi connectivity index (χ1) is 20.8. The van der Waals surface area contributed by atoms with Crippen molar-refractivity contribution in [2.45, 2.75) is 50.4 Å². The number of esters is 1. The average molecular weight is 614 g/mol. The van der Waals surface area contributed by atoms with E-state index in [1.807, 2.05) is 68.4 Å². The first-order valence-corrected chi connectivity index (χ1v) is 16.0. The molecule has 7 nitrogen and oxygen atoms in total. The maximum atomic E-state index is 13.4. The molecule has 0 saturated carbocycles. The van der Waals surface area contributed by atoms with Crippen molar-refractivity contribution < 1.29 is 19.1 Å². The second kappa shape index (κ2) is 14.0. The predicted octanol–water partition coefficient (Wildman–Crippen LogP) is 7.16. The van der Waals surface area contributed by atoms with Gasteiger partial charge in [0.25, 0.3) is 5.91 Å². The molecular formula is C34H35N3O4S2. The molecule has 1 aromatic heterocycles. The van der Waals surface area contributed by atoms with Crippen molar-refractivity contribution in [1.29, 1.82) is 0 Å². The van der Waals surface area contributed by atoms with E-state index in [4.69, 9.17) is 4.74 Å². The number of rotatable bonds is 10. The molecule has 1 unspecified atom stereocenters. The van der Waals surface area contributed by atoms with E-state index in [9.17, 15) is 14.4 Å². The summed E-state index contributed by atoms with van der Waals surface area (Å²) in [5.41, 5.74) is 5.01. The molecule has 1 aliphatic rings. The number of carbonyl (C=O) groups is 3. The van der Waals surface area contributed by atoms with Gasteiger partial charge in [-0.05, 0) is 68.7 Å². The Morgan fingerprint density at radius 2 is 1.77 bits per heavy atom. The highest BCUT2D eigenvalue weighted by Crippen LogP contribution is 2.38. The molecule has 2 N–H and O–H groups in total. The van der Waals surface area contributed by atoms with Crippen LogP contribution in [0.1, 0.15) is 56.1 Å². The number of anilines is 2. The fourth-order valence-corrected chi connectivity index (χ4v) is 7.17. The van der Waals surface area contributed by atoms with Crippen LogP contribution in [-0.2, 0) is 29.0 Å². The average Bonchev–Trinajstić information content (AvgIpc) is 3.35. The maximum absolute atomic E-state index is 13.4. The van der Waals surface area contributed by atoms with Gasteiger partial charge in [-0.25, -0.2) is 4.79 Å². The predicted molar refractivity (Wildman–Crippen MR) is 174 cm³/mol. The molecule has 3 aromatic carbocycles. The standard InChI is InChI=1S/C34H35N3O4S2/c1-4-41-34(40)30-28-17-18-37(20-24-9-6-5-7-10-24)21-29(28)43-33(30)36-31(38)23(3)42-27-12-8-11-26(19-27)35-32(39)25-15-13-22(2)14-16-25/h5-16,19,23H,4,17-18,20-21H2,1-3H3,(H,35,39)(H,36,38). The van der Waals surface area contributed by atoms with Crippen LogP contribution in [0, 0.1) is 6.92 Å². The minimum absolute atomic E-state index is 0.191. The van der Waals surface area contributed by atoms with E-state index >= 15 is 0 Å². The number of fused-ring (bicyclic) bond motifs is 1. The zero-order valence-corrected chi connectivity index (χ0v) is 26.1. The van der Waals surface area contributed by atoms with Crippen molar-refractivity contribution in [3.05, 3.63) is 112 Å². The monoisotopic (exact) mass is 613 g/mol. The van der Waals surface area contributed by atoms with E-state index in [1.54, 1.807) is 19.1 Å². The summed E-state index contributed by atoms with van der Waals surface area (Å²) in [6.45, 7) is 8.21. The molecule has 0 aliphatic carbocycles. The number of ether oxygens (including phenoxy) is 1. The second-order valence-electron chi connectivity index (χ2n) is 10.5. The second-order valence-corrected chi connectivity index (χ2v) is 13.0. The smallest absolute Gasteiger partial charge is 0.341 e. The lowest BCUT2D eigenvalue weighted by Crippen LogP contribution is -2.30. The highest BCUT2D eigenvalue weighted by Gasteiger charge is 2.30. The molecule has 0 saturated heterocycles. The third-order valence-corrected chi connectivity index (χ3v) is 9.41. The molecule has 2 amide bonds. The van der Waals surface area contributed by atoms with Gasteiger partial charge in [0.1, 0.15) is 5.00 Å². The molecular weight excluding hydrogens is 579 g/mol. The van der Waals surface area contributed by atoms with Crippen LogP contribution in [0.5, 0.6) is 0 Å². The zero-order valence-electron chi connectivity index (χ0n) is 24.5. The Labute approximate surface area is 260 Å². The van der Waals surface area contributed by atoms with E-state index < -0.39 is 11.2 Å². The van der Waals surface area contributed by atoms with E-state index in [0.717, 1.165) is 34.0 Å². The highest BCUT2D eigenvalue weighted by molar-refractivity contribution is 8.00. The third-order valence-electron chi connectivity index (χ3n) is 7.19. The number of hydrogen-bond acceptors (Lipinski definition) is 7. The Morgan fingerprint density at radius 3 is 2.51 bits per heavy atom. The lowest BCUT2D eigenvalue weighted by molar-refractivity contribution is -0.115. The van der Waals surface area contributed by atoms with Crippen molar-refractivity contribution in [1.82, 2.24) is 4.90 Å². The number of thiophene rings is 1. The molecule has 1 atom stereocenters. The Bertz CT molecular complexity index is 1600. The lowest BCUT2D eigenvalue weighted by atomic mass is 10.0. The molecule has 0 fully saturated rings. The Kier molecular flexibility index (Phi) is 9.97. The van der Waals surface area contributed by atoms with E-state index in [1.165, 1.54) is 28.7 Å². The first kappa shape index (κ1) is 30.5. The van der Waals surface area contributed by atoms with Crippen LogP contribution in [0.2, 0.25) is 0 Å². The number of carbonyl (C=O) groups excluding carboxylic acids is 3. The van der Waals surface area contributed by atoms with Crippen molar-refractivity contribution in [3.63, 3.8) is 0 Å². The molecule has 0 radical (unpaired) electrons. The summed E-state index contributed by atoms with van der Waals surface area (Å²) in [4.78, 5) is 43.4. The van der Waals surface area contributed by atoms with Crippen molar-refractivity contribution in [2.24, 2.45) is 0 Å². The SMILES string of the molecule is CCOC(=O)c1c(NC(=O)C(C)Sc2cccc(NC(=O)c3ccc(C)cc3)c2)sc2c1CCN(Cc1ccccc1)C2. The van der Waals surface area contributed by atoms with Crippen LogP contribution in [0.4, 0.5) is 10.7 Å². The molecule has 222 valence electrons. The van der Waals surface area contributed by atoms with Crippen LogP contribution < -0.4 is 10.6 Å². The molecule has 43 heavy (non-hydrogen) atoms. The Morgan fingerprint density at radius 1 is 1.00 bits per heavy atom. The fourth-order valence-electron chi connectivity index (χ4n) is 4.97. The van der Waals surface area contributed by atoms with Gasteiger partial charge in [-0.15, -0.1) is 23.1 Å². The van der Waals surface area contributed by atoms with Crippen LogP contribution >= 0.6 is 23.1 Å². The van der Waals surface area contributed by atoms with Gasteiger partial charge < -0.3 is 15.4 Å². The first-order valence-electron chi connectivity index (χ1n) is 14.3. The van der Waals surface area contributed by atoms with Gasteiger partial charge >= 0.3 is 5.97 Å². The number of thioether (sulfide) groups is 1. The van der Waals surface area contributed by atoms with Crippen molar-refractivity contribution in [2.75, 3.05) is 23.8 Å². The van der Waals surface area contributed by atoms with Crippen molar-refractivity contribution in [3.8, 4) is 0 Å². The maximum Gasteiger partial charge on any atom is 0.341 e. The van der Waals surface area contributed by atoms with Gasteiger partial charge in [0.15, 0.2) is 0 Å². The minimum atomic E-state index is -0.452. The summed E-state index contributed by atoms with van der Waals surface area (Å²) in [5, 5.41) is 6.06. The highest BCUT2D eigenvalue weighted by atomic mass is 32.2. The molecule has 1 aliphatic heterocycles. The Hall–Kier alpha value is -3.92. The van der Waals surface area contributed by atoms with Crippen LogP contribution in [0.3, 0.4) is 0 Å². The van der Waals surface area contributed by atoms with Gasteiger partial charge in [0, 0.05) is 40.7 Å². The van der Waals surface area contributed by atoms with E-state index in [2.05, 4.69) is 27.7 Å². The van der Waals surface area contributed by atoms with Crippen LogP contribution in [-0.4, -0.2) is 41.1 Å². The van der Waals surface area contributed by atoms with E-state index in [0.29, 0.717) is 34.8 Å². The molecule has 0 bridgehead atoms. The number of hydrogen-bond donors (Lipinski definition) is 2.